The number of hydrogen-bond acceptors (Lipinski definition) is 5. The number of aromatic nitrogens is 1. The summed E-state index contributed by atoms with van der Waals surface area (Å²) in [4.78, 5) is 6.35. The van der Waals surface area contributed by atoms with Crippen LogP contribution in [0.4, 0.5) is 4.39 Å². The number of methoxy groups -OCH3 is 1. The minimum absolute atomic E-state index is 0.153. The van der Waals surface area contributed by atoms with Gasteiger partial charge in [0.15, 0.2) is 5.82 Å². The summed E-state index contributed by atoms with van der Waals surface area (Å²) in [5.41, 5.74) is 1.16. The summed E-state index contributed by atoms with van der Waals surface area (Å²) in [7, 11) is 1.51. The first kappa shape index (κ1) is 19.3. The Labute approximate surface area is 158 Å². The predicted molar refractivity (Wildman–Crippen MR) is 101 cm³/mol. The monoisotopic (exact) mass is 381 g/mol. The first-order chi connectivity index (χ1) is 12.5. The third-order valence-electron chi connectivity index (χ3n) is 5.00. The SMILES string of the molecule is CCN[C@H]1CCN(CCc2c(Cl)cnc3c(F)cc(OC)cc23)C[C@H]1O. The molecule has 0 radical (unpaired) electrons. The highest BCUT2D eigenvalue weighted by Gasteiger charge is 2.26. The standard InChI is InChI=1S/C19H25ClFN3O2/c1-3-22-17-5-7-24(11-18(17)25)6-4-13-14-8-12(26-2)9-16(21)19(14)23-10-15(13)20/h8-10,17-18,22,25H,3-7,11H2,1-2H3/t17-,18+/m0/s1. The Balaban J connectivity index is 1.77. The van der Waals surface area contributed by atoms with E-state index in [2.05, 4.69) is 15.2 Å². The van der Waals surface area contributed by atoms with E-state index in [4.69, 9.17) is 16.3 Å². The summed E-state index contributed by atoms with van der Waals surface area (Å²) in [6.07, 6.45) is 2.68. The van der Waals surface area contributed by atoms with Crippen molar-refractivity contribution in [3.63, 3.8) is 0 Å². The predicted octanol–water partition coefficient (Wildman–Crippen LogP) is 2.62. The zero-order chi connectivity index (χ0) is 18.7. The molecular formula is C19H25ClFN3O2. The minimum atomic E-state index is -0.417. The van der Waals surface area contributed by atoms with Crippen molar-refractivity contribution >= 4 is 22.5 Å². The van der Waals surface area contributed by atoms with E-state index in [1.165, 1.54) is 19.4 Å². The molecule has 5 nitrogen and oxygen atoms in total. The van der Waals surface area contributed by atoms with E-state index < -0.39 is 5.82 Å². The molecule has 0 bridgehead atoms. The molecule has 0 aliphatic carbocycles. The number of halogens is 2. The molecule has 1 saturated heterocycles. The number of hydrogen-bond donors (Lipinski definition) is 2. The minimum Gasteiger partial charge on any atom is -0.497 e. The molecule has 0 saturated carbocycles. The third-order valence-corrected chi connectivity index (χ3v) is 5.33. The van der Waals surface area contributed by atoms with E-state index in [1.807, 2.05) is 6.92 Å². The second kappa shape index (κ2) is 8.48. The third kappa shape index (κ3) is 4.09. The maximum Gasteiger partial charge on any atom is 0.153 e. The lowest BCUT2D eigenvalue weighted by Crippen LogP contribution is -2.52. The molecule has 1 aromatic carbocycles. The average molecular weight is 382 g/mol. The van der Waals surface area contributed by atoms with Gasteiger partial charge in [0.25, 0.3) is 0 Å². The van der Waals surface area contributed by atoms with Crippen molar-refractivity contribution < 1.29 is 14.2 Å². The fourth-order valence-corrected chi connectivity index (χ4v) is 3.85. The number of nitrogens with zero attached hydrogens (tertiary/aromatic N) is 2. The number of β-amino-alcohol motifs (C(OH)–C–C–N with tert-alkyl or cyclic N) is 1. The number of pyridine rings is 1. The Morgan fingerprint density at radius 2 is 2.27 bits per heavy atom. The molecule has 26 heavy (non-hydrogen) atoms. The Hall–Kier alpha value is -1.47. The van der Waals surface area contributed by atoms with Crippen molar-refractivity contribution in [2.75, 3.05) is 33.3 Å². The molecule has 0 spiro atoms. The highest BCUT2D eigenvalue weighted by Crippen LogP contribution is 2.30. The molecule has 2 atom stereocenters. The zero-order valence-corrected chi connectivity index (χ0v) is 15.9. The topological polar surface area (TPSA) is 57.6 Å². The fraction of sp³-hybridized carbons (Fsp3) is 0.526. The summed E-state index contributed by atoms with van der Waals surface area (Å²) >= 11 is 6.36. The lowest BCUT2D eigenvalue weighted by molar-refractivity contribution is 0.0417. The van der Waals surface area contributed by atoms with Gasteiger partial charge in [-0.25, -0.2) is 4.39 Å². The largest absolute Gasteiger partial charge is 0.497 e. The average Bonchev–Trinajstić information content (AvgIpc) is 2.62. The van der Waals surface area contributed by atoms with Crippen LogP contribution in [0.1, 0.15) is 18.9 Å². The van der Waals surface area contributed by atoms with Crippen LogP contribution >= 0.6 is 11.6 Å². The van der Waals surface area contributed by atoms with E-state index in [9.17, 15) is 9.50 Å². The van der Waals surface area contributed by atoms with Crippen LogP contribution in [0.3, 0.4) is 0 Å². The number of ether oxygens (including phenoxy) is 1. The highest BCUT2D eigenvalue weighted by atomic mass is 35.5. The summed E-state index contributed by atoms with van der Waals surface area (Å²) < 4.78 is 19.5. The van der Waals surface area contributed by atoms with Gasteiger partial charge in [0.05, 0.1) is 18.2 Å². The lowest BCUT2D eigenvalue weighted by Gasteiger charge is -2.36. The lowest BCUT2D eigenvalue weighted by atomic mass is 10.0. The molecule has 2 N–H and O–H groups in total. The molecule has 3 rings (SSSR count). The van der Waals surface area contributed by atoms with Gasteiger partial charge in [-0.1, -0.05) is 18.5 Å². The molecule has 1 aliphatic heterocycles. The second-order valence-electron chi connectivity index (χ2n) is 6.66. The van der Waals surface area contributed by atoms with E-state index in [0.29, 0.717) is 34.6 Å². The number of likely N-dealkylation sites (N-methyl/N-ethyl adjacent to an activating group) is 1. The number of rotatable bonds is 6. The van der Waals surface area contributed by atoms with Crippen LogP contribution in [0.5, 0.6) is 5.75 Å². The van der Waals surface area contributed by atoms with Gasteiger partial charge in [-0.15, -0.1) is 0 Å². The summed E-state index contributed by atoms with van der Waals surface area (Å²) in [5, 5.41) is 14.8. The molecule has 1 aliphatic rings. The Morgan fingerprint density at radius 3 is 2.96 bits per heavy atom. The first-order valence-electron chi connectivity index (χ1n) is 8.98. The van der Waals surface area contributed by atoms with E-state index >= 15 is 0 Å². The van der Waals surface area contributed by atoms with Crippen molar-refractivity contribution in [3.8, 4) is 5.75 Å². The molecule has 0 amide bonds. The van der Waals surface area contributed by atoms with Gasteiger partial charge in [-0.05, 0) is 37.6 Å². The van der Waals surface area contributed by atoms with Crippen LogP contribution in [0.25, 0.3) is 10.9 Å². The molecule has 1 fully saturated rings. The van der Waals surface area contributed by atoms with Gasteiger partial charge in [0, 0.05) is 36.8 Å². The molecular weight excluding hydrogens is 357 g/mol. The van der Waals surface area contributed by atoms with Gasteiger partial charge in [0.2, 0.25) is 0 Å². The van der Waals surface area contributed by atoms with Crippen LogP contribution < -0.4 is 10.1 Å². The van der Waals surface area contributed by atoms with Gasteiger partial charge < -0.3 is 20.1 Å². The van der Waals surface area contributed by atoms with Crippen LogP contribution in [-0.4, -0.2) is 60.4 Å². The number of benzene rings is 1. The Kier molecular flexibility index (Phi) is 6.29. The van der Waals surface area contributed by atoms with Gasteiger partial charge >= 0.3 is 0 Å². The van der Waals surface area contributed by atoms with Crippen LogP contribution in [0.2, 0.25) is 5.02 Å². The Bertz CT molecular complexity index is 774. The van der Waals surface area contributed by atoms with Gasteiger partial charge in [-0.2, -0.15) is 0 Å². The van der Waals surface area contributed by atoms with E-state index in [0.717, 1.165) is 31.6 Å². The number of nitrogens with one attached hydrogen (secondary N) is 1. The van der Waals surface area contributed by atoms with E-state index in [-0.39, 0.29) is 12.1 Å². The number of aliphatic hydroxyl groups excluding tert-OH is 1. The second-order valence-corrected chi connectivity index (χ2v) is 7.07. The summed E-state index contributed by atoms with van der Waals surface area (Å²) in [5.74, 6) is 0.0290. The maximum atomic E-state index is 14.3. The van der Waals surface area contributed by atoms with Crippen molar-refractivity contribution in [2.24, 2.45) is 0 Å². The number of aliphatic hydroxyl groups is 1. The Morgan fingerprint density at radius 1 is 1.46 bits per heavy atom. The smallest absolute Gasteiger partial charge is 0.153 e. The maximum absolute atomic E-state index is 14.3. The van der Waals surface area contributed by atoms with Crippen LogP contribution in [0, 0.1) is 5.82 Å². The van der Waals surface area contributed by atoms with Crippen molar-refractivity contribution in [1.29, 1.82) is 0 Å². The number of likely N-dealkylation sites (tertiary alicyclic amines) is 1. The normalized spacial score (nSPS) is 21.3. The summed E-state index contributed by atoms with van der Waals surface area (Å²) in [6, 6.07) is 3.26. The quantitative estimate of drug-likeness (QED) is 0.805. The van der Waals surface area contributed by atoms with Gasteiger partial charge in [0.1, 0.15) is 11.3 Å². The molecule has 142 valence electrons. The van der Waals surface area contributed by atoms with Crippen LogP contribution in [0.15, 0.2) is 18.3 Å². The fourth-order valence-electron chi connectivity index (χ4n) is 3.61. The highest BCUT2D eigenvalue weighted by molar-refractivity contribution is 6.32. The molecule has 7 heteroatoms. The summed E-state index contributed by atoms with van der Waals surface area (Å²) in [6.45, 7) is 5.17. The van der Waals surface area contributed by atoms with Crippen molar-refractivity contribution in [2.45, 2.75) is 31.9 Å². The molecule has 1 aromatic heterocycles. The van der Waals surface area contributed by atoms with Gasteiger partial charge in [-0.3, -0.25) is 4.98 Å². The number of piperidine rings is 1. The first-order valence-corrected chi connectivity index (χ1v) is 9.35. The molecule has 2 aromatic rings. The van der Waals surface area contributed by atoms with E-state index in [1.54, 1.807) is 6.07 Å². The van der Waals surface area contributed by atoms with Crippen molar-refractivity contribution in [1.82, 2.24) is 15.2 Å². The number of fused-ring (bicyclic) bond motifs is 1. The zero-order valence-electron chi connectivity index (χ0n) is 15.1. The molecule has 0 unspecified atom stereocenters. The van der Waals surface area contributed by atoms with Crippen LogP contribution in [-0.2, 0) is 6.42 Å². The molecule has 2 heterocycles. The van der Waals surface area contributed by atoms with Crippen molar-refractivity contribution in [3.05, 3.63) is 34.7 Å².